The number of carbonyl (C=O) groups excluding carboxylic acids is 2. The molecule has 0 radical (unpaired) electrons. The van der Waals surface area contributed by atoms with E-state index in [1.807, 2.05) is 19.1 Å². The highest BCUT2D eigenvalue weighted by Crippen LogP contribution is 2.23. The van der Waals surface area contributed by atoms with Gasteiger partial charge in [0.15, 0.2) is 0 Å². The lowest BCUT2D eigenvalue weighted by Crippen LogP contribution is -2.19. The summed E-state index contributed by atoms with van der Waals surface area (Å²) in [7, 11) is 0. The number of hydrogen-bond donors (Lipinski definition) is 4. The number of aliphatic hydroxyl groups excluding tert-OH is 3. The number of nitrogens with one attached hydrogen (secondary N) is 1. The van der Waals surface area contributed by atoms with Crippen molar-refractivity contribution in [2.24, 2.45) is 5.92 Å². The molecular weight excluding hydrogens is 454 g/mol. The maximum Gasteiger partial charge on any atom is 0.263 e. The van der Waals surface area contributed by atoms with Crippen molar-refractivity contribution in [2.45, 2.75) is 85.4 Å². The Labute approximate surface area is 216 Å². The van der Waals surface area contributed by atoms with E-state index in [9.17, 15) is 24.9 Å². The second kappa shape index (κ2) is 15.9. The summed E-state index contributed by atoms with van der Waals surface area (Å²) in [5.41, 5.74) is 2.60. The van der Waals surface area contributed by atoms with Gasteiger partial charge in [0.25, 0.3) is 5.91 Å². The molecule has 1 fully saturated rings. The minimum Gasteiger partial charge on any atom is -0.507 e. The summed E-state index contributed by atoms with van der Waals surface area (Å²) in [6.45, 7) is 13.4. The van der Waals surface area contributed by atoms with Crippen LogP contribution in [-0.2, 0) is 9.59 Å². The molecule has 1 rings (SSSR count). The molecule has 1 heterocycles. The third-order valence-electron chi connectivity index (χ3n) is 6.30. The number of Topliss-reactive ketones (excluding diaryl/α,β-unsaturated/α-hetero) is 1. The molecule has 0 aromatic rings. The Morgan fingerprint density at radius 1 is 1.14 bits per heavy atom. The first-order valence-corrected chi connectivity index (χ1v) is 12.7. The van der Waals surface area contributed by atoms with Gasteiger partial charge in [-0.1, -0.05) is 73.6 Å². The summed E-state index contributed by atoms with van der Waals surface area (Å²) < 4.78 is 0. The first-order valence-electron chi connectivity index (χ1n) is 12.7. The molecule has 1 saturated heterocycles. The van der Waals surface area contributed by atoms with Gasteiger partial charge in [-0.05, 0) is 71.3 Å². The van der Waals surface area contributed by atoms with Crippen LogP contribution in [0.1, 0.15) is 73.1 Å². The van der Waals surface area contributed by atoms with Crippen LogP contribution in [0.4, 0.5) is 0 Å². The molecule has 1 amide bonds. The second-order valence-corrected chi connectivity index (χ2v) is 9.38. The molecule has 0 spiro atoms. The van der Waals surface area contributed by atoms with Gasteiger partial charge in [-0.3, -0.25) is 9.59 Å². The number of unbranched alkanes of at least 4 members (excludes halogenated alkanes) is 1. The van der Waals surface area contributed by atoms with E-state index in [1.54, 1.807) is 25.2 Å². The summed E-state index contributed by atoms with van der Waals surface area (Å²) >= 11 is 0. The van der Waals surface area contributed by atoms with Gasteiger partial charge < -0.3 is 20.6 Å². The molecule has 6 nitrogen and oxygen atoms in total. The normalized spacial score (nSPS) is 19.9. The van der Waals surface area contributed by atoms with Gasteiger partial charge in [-0.2, -0.15) is 0 Å². The Morgan fingerprint density at radius 3 is 2.42 bits per heavy atom. The minimum absolute atomic E-state index is 0.0413. The molecule has 1 aliphatic rings. The molecule has 4 N–H and O–H groups in total. The topological polar surface area (TPSA) is 107 Å². The van der Waals surface area contributed by atoms with Gasteiger partial charge in [0.05, 0.1) is 17.9 Å². The van der Waals surface area contributed by atoms with Gasteiger partial charge in [0.2, 0.25) is 5.78 Å². The molecule has 1 aliphatic heterocycles. The van der Waals surface area contributed by atoms with Gasteiger partial charge in [-0.15, -0.1) is 0 Å². The zero-order valence-corrected chi connectivity index (χ0v) is 22.4. The zero-order chi connectivity index (χ0) is 27.3. The highest BCUT2D eigenvalue weighted by atomic mass is 16.3. The van der Waals surface area contributed by atoms with Crippen molar-refractivity contribution in [1.82, 2.24) is 5.32 Å². The average molecular weight is 498 g/mol. The summed E-state index contributed by atoms with van der Waals surface area (Å²) in [4.78, 5) is 23.7. The number of rotatable bonds is 14. The number of aliphatic hydroxyl groups is 3. The van der Waals surface area contributed by atoms with Crippen molar-refractivity contribution in [3.8, 4) is 0 Å². The van der Waals surface area contributed by atoms with Gasteiger partial charge >= 0.3 is 0 Å². The van der Waals surface area contributed by atoms with Crippen molar-refractivity contribution in [1.29, 1.82) is 0 Å². The van der Waals surface area contributed by atoms with Crippen LogP contribution in [0.15, 0.2) is 82.9 Å². The molecule has 0 saturated carbocycles. The number of amides is 1. The Morgan fingerprint density at radius 2 is 1.83 bits per heavy atom. The van der Waals surface area contributed by atoms with Crippen LogP contribution in [-0.4, -0.2) is 39.2 Å². The van der Waals surface area contributed by atoms with Crippen LogP contribution in [0.2, 0.25) is 0 Å². The summed E-state index contributed by atoms with van der Waals surface area (Å²) in [5.74, 6) is -1.37. The molecular formula is C30H43NO5. The quantitative estimate of drug-likeness (QED) is 0.0812. The smallest absolute Gasteiger partial charge is 0.263 e. The van der Waals surface area contributed by atoms with E-state index in [-0.39, 0.29) is 22.9 Å². The predicted octanol–water partition coefficient (Wildman–Crippen LogP) is 5.68. The average Bonchev–Trinajstić information content (AvgIpc) is 3.09. The predicted molar refractivity (Wildman–Crippen MR) is 146 cm³/mol. The maximum absolute atomic E-state index is 11.9. The monoisotopic (exact) mass is 497 g/mol. The molecule has 0 aromatic heterocycles. The van der Waals surface area contributed by atoms with Gasteiger partial charge in [0.1, 0.15) is 11.3 Å². The number of ketones is 1. The van der Waals surface area contributed by atoms with Crippen LogP contribution in [0.5, 0.6) is 0 Å². The fourth-order valence-corrected chi connectivity index (χ4v) is 3.94. The Balaban J connectivity index is 2.46. The van der Waals surface area contributed by atoms with Crippen LogP contribution in [0, 0.1) is 5.92 Å². The first kappa shape index (κ1) is 31.1. The van der Waals surface area contributed by atoms with Crippen LogP contribution >= 0.6 is 0 Å². The first-order chi connectivity index (χ1) is 17.0. The fourth-order valence-electron chi connectivity index (χ4n) is 3.94. The summed E-state index contributed by atoms with van der Waals surface area (Å²) in [5, 5.41) is 33.2. The van der Waals surface area contributed by atoms with Crippen LogP contribution in [0.25, 0.3) is 0 Å². The lowest BCUT2D eigenvalue weighted by atomic mass is 9.89. The Hall–Kier alpha value is -2.96. The molecule has 3 atom stereocenters. The number of carbonyl (C=O) groups is 2. The van der Waals surface area contributed by atoms with E-state index < -0.39 is 23.9 Å². The Kier molecular flexibility index (Phi) is 13.7. The van der Waals surface area contributed by atoms with E-state index in [1.165, 1.54) is 11.1 Å². The van der Waals surface area contributed by atoms with Crippen molar-refractivity contribution in [2.75, 3.05) is 0 Å². The molecule has 36 heavy (non-hydrogen) atoms. The molecule has 0 unspecified atom stereocenters. The SMILES string of the molecule is C=C1NC(=O)/C(=C(O)\C(C)=C\CCC[C@H](O)/C=C/C=C/C[C@@H](O)[C@H](CC)C/C(C)=C/C(C)=C/C)C1=O. The van der Waals surface area contributed by atoms with E-state index >= 15 is 0 Å². The fraction of sp³-hybridized carbons (Fsp3) is 0.467. The van der Waals surface area contributed by atoms with Crippen molar-refractivity contribution < 1.29 is 24.9 Å². The zero-order valence-electron chi connectivity index (χ0n) is 22.4. The lowest BCUT2D eigenvalue weighted by molar-refractivity contribution is -0.117. The third kappa shape index (κ3) is 10.3. The van der Waals surface area contributed by atoms with Gasteiger partial charge in [-0.25, -0.2) is 0 Å². The largest absolute Gasteiger partial charge is 0.507 e. The summed E-state index contributed by atoms with van der Waals surface area (Å²) in [6, 6.07) is 0. The number of hydrogen-bond acceptors (Lipinski definition) is 5. The van der Waals surface area contributed by atoms with E-state index in [4.69, 9.17) is 0 Å². The molecule has 6 heteroatoms. The van der Waals surface area contributed by atoms with E-state index in [2.05, 4.69) is 44.8 Å². The molecule has 0 bridgehead atoms. The second-order valence-electron chi connectivity index (χ2n) is 9.38. The maximum atomic E-state index is 11.9. The minimum atomic E-state index is -0.645. The summed E-state index contributed by atoms with van der Waals surface area (Å²) in [6.07, 6.45) is 16.3. The van der Waals surface area contributed by atoms with Crippen LogP contribution in [0.3, 0.4) is 0 Å². The lowest BCUT2D eigenvalue weighted by Gasteiger charge is -2.21. The third-order valence-corrected chi connectivity index (χ3v) is 6.30. The molecule has 0 aromatic carbocycles. The molecule has 198 valence electrons. The van der Waals surface area contributed by atoms with Gasteiger partial charge in [0, 0.05) is 0 Å². The highest BCUT2D eigenvalue weighted by molar-refractivity contribution is 6.32. The number of allylic oxidation sites excluding steroid dienone is 9. The van der Waals surface area contributed by atoms with E-state index in [0.717, 1.165) is 12.8 Å². The van der Waals surface area contributed by atoms with E-state index in [0.29, 0.717) is 31.3 Å². The highest BCUT2D eigenvalue weighted by Gasteiger charge is 2.33. The standard InChI is InChI=1S/C30H43NO5/c1-7-20(3)18-21(4)19-24(8-2)26(33)17-11-9-10-15-25(32)16-13-12-14-22(5)28(34)27-29(35)23(6)31-30(27)36/h7,9-11,14-15,18,24-26,32-34H,6,8,12-13,16-17,19H2,1-5H3,(H,31,36)/b11-9+,15-10+,20-7+,21-18+,22-14+,28-27+/t24-,25-,26-/m1/s1. The van der Waals surface area contributed by atoms with Crippen molar-refractivity contribution in [3.05, 3.63) is 82.9 Å². The van der Waals surface area contributed by atoms with Crippen LogP contribution < -0.4 is 5.32 Å². The Bertz CT molecular complexity index is 977. The molecule has 0 aliphatic carbocycles. The van der Waals surface area contributed by atoms with Crippen molar-refractivity contribution >= 4 is 11.7 Å². The van der Waals surface area contributed by atoms with Crippen molar-refractivity contribution in [3.63, 3.8) is 0 Å².